The number of benzene rings is 2. The maximum atomic E-state index is 13.1. The summed E-state index contributed by atoms with van der Waals surface area (Å²) in [6.07, 6.45) is 2.70. The average molecular weight is 444 g/mol. The molecule has 164 valence electrons. The van der Waals surface area contributed by atoms with E-state index in [1.165, 1.54) is 28.4 Å². The van der Waals surface area contributed by atoms with E-state index < -0.39 is 16.1 Å². The van der Waals surface area contributed by atoms with Crippen molar-refractivity contribution in [2.75, 3.05) is 31.6 Å². The molecule has 2 aliphatic rings. The molecule has 2 saturated heterocycles. The van der Waals surface area contributed by atoms with Gasteiger partial charge in [-0.15, -0.1) is 0 Å². The fraction of sp³-hybridized carbons (Fsp3) is 0.364. The molecule has 8 nitrogen and oxygen atoms in total. The molecule has 0 radical (unpaired) electrons. The predicted molar refractivity (Wildman–Crippen MR) is 115 cm³/mol. The first-order valence-electron chi connectivity index (χ1n) is 10.3. The van der Waals surface area contributed by atoms with Crippen molar-refractivity contribution in [1.29, 1.82) is 0 Å². The van der Waals surface area contributed by atoms with E-state index in [0.29, 0.717) is 18.8 Å². The number of imide groups is 1. The monoisotopic (exact) mass is 443 g/mol. The Balaban J connectivity index is 1.69. The second-order valence-corrected chi connectivity index (χ2v) is 9.63. The molecule has 0 atom stereocenters. The summed E-state index contributed by atoms with van der Waals surface area (Å²) in [5, 5.41) is 0. The second kappa shape index (κ2) is 8.68. The van der Waals surface area contributed by atoms with E-state index in [1.54, 1.807) is 6.07 Å². The number of rotatable bonds is 6. The van der Waals surface area contributed by atoms with Crippen LogP contribution in [0, 0.1) is 0 Å². The van der Waals surface area contributed by atoms with Crippen LogP contribution < -0.4 is 9.64 Å². The van der Waals surface area contributed by atoms with Crippen LogP contribution in [0.4, 0.5) is 10.5 Å². The topological polar surface area (TPSA) is 87.2 Å². The van der Waals surface area contributed by atoms with Gasteiger partial charge in [-0.25, -0.2) is 13.2 Å². The Morgan fingerprint density at radius 3 is 2.32 bits per heavy atom. The van der Waals surface area contributed by atoms with E-state index in [0.717, 1.165) is 29.7 Å². The Kier molecular flexibility index (Phi) is 5.97. The number of urea groups is 1. The van der Waals surface area contributed by atoms with Gasteiger partial charge in [-0.2, -0.15) is 4.31 Å². The van der Waals surface area contributed by atoms with Gasteiger partial charge in [0.2, 0.25) is 15.9 Å². The van der Waals surface area contributed by atoms with Crippen LogP contribution in [0.1, 0.15) is 24.8 Å². The van der Waals surface area contributed by atoms with Crippen molar-refractivity contribution in [2.45, 2.75) is 30.8 Å². The number of carbonyl (C=O) groups excluding carboxylic acids is 2. The fourth-order valence-electron chi connectivity index (χ4n) is 3.77. The standard InChI is InChI=1S/C22H25N3O5S/c1-23-21(26)15-25(22(23)27)19-11-10-18(31(28,29)24-12-6-3-7-13-24)14-20(19)30-16-17-8-4-2-5-9-17/h2,4-5,8-11,14H,3,6-7,12-13,15-16H2,1H3. The van der Waals surface area contributed by atoms with Crippen LogP contribution in [0.2, 0.25) is 0 Å². The molecule has 3 amide bonds. The van der Waals surface area contributed by atoms with E-state index in [9.17, 15) is 18.0 Å². The highest BCUT2D eigenvalue weighted by Gasteiger charge is 2.36. The Morgan fingerprint density at radius 2 is 1.68 bits per heavy atom. The van der Waals surface area contributed by atoms with E-state index in [4.69, 9.17) is 4.74 Å². The van der Waals surface area contributed by atoms with Crippen LogP contribution in [-0.4, -0.2) is 56.2 Å². The van der Waals surface area contributed by atoms with Gasteiger partial charge in [-0.1, -0.05) is 36.8 Å². The van der Waals surface area contributed by atoms with Crippen molar-refractivity contribution in [1.82, 2.24) is 9.21 Å². The van der Waals surface area contributed by atoms with Gasteiger partial charge >= 0.3 is 6.03 Å². The smallest absolute Gasteiger partial charge is 0.331 e. The zero-order valence-corrected chi connectivity index (χ0v) is 18.2. The maximum Gasteiger partial charge on any atom is 0.331 e. The third kappa shape index (κ3) is 4.28. The fourth-order valence-corrected chi connectivity index (χ4v) is 5.30. The molecule has 0 aromatic heterocycles. The number of ether oxygens (including phenoxy) is 1. The predicted octanol–water partition coefficient (Wildman–Crippen LogP) is 2.84. The zero-order chi connectivity index (χ0) is 22.0. The lowest BCUT2D eigenvalue weighted by atomic mass is 10.2. The summed E-state index contributed by atoms with van der Waals surface area (Å²) in [4.78, 5) is 27.0. The first kappa shape index (κ1) is 21.3. The molecular weight excluding hydrogens is 418 g/mol. The Bertz CT molecular complexity index is 1080. The average Bonchev–Trinajstić information content (AvgIpc) is 3.06. The van der Waals surface area contributed by atoms with Gasteiger partial charge in [0.05, 0.1) is 10.6 Å². The molecular formula is C22H25N3O5S. The van der Waals surface area contributed by atoms with Gasteiger partial charge in [-0.3, -0.25) is 14.6 Å². The van der Waals surface area contributed by atoms with Crippen molar-refractivity contribution in [3.63, 3.8) is 0 Å². The van der Waals surface area contributed by atoms with Crippen LogP contribution in [0.5, 0.6) is 5.75 Å². The third-order valence-corrected chi connectivity index (χ3v) is 7.49. The summed E-state index contributed by atoms with van der Waals surface area (Å²) in [5.74, 6) is -0.0811. The molecule has 0 N–H and O–H groups in total. The maximum absolute atomic E-state index is 13.1. The highest BCUT2D eigenvalue weighted by molar-refractivity contribution is 7.89. The molecule has 2 aromatic rings. The Morgan fingerprint density at radius 1 is 0.968 bits per heavy atom. The number of sulfonamides is 1. The van der Waals surface area contributed by atoms with E-state index >= 15 is 0 Å². The number of hydrogen-bond donors (Lipinski definition) is 0. The van der Waals surface area contributed by atoms with Gasteiger partial charge in [0.1, 0.15) is 18.9 Å². The third-order valence-electron chi connectivity index (χ3n) is 5.60. The minimum Gasteiger partial charge on any atom is -0.487 e. The first-order chi connectivity index (χ1) is 14.9. The molecule has 0 bridgehead atoms. The van der Waals surface area contributed by atoms with Crippen molar-refractivity contribution in [3.8, 4) is 5.75 Å². The summed E-state index contributed by atoms with van der Waals surface area (Å²) in [6, 6.07) is 13.5. The molecule has 9 heteroatoms. The van der Waals surface area contributed by atoms with Gasteiger partial charge in [0.25, 0.3) is 0 Å². The number of amides is 3. The van der Waals surface area contributed by atoms with Gasteiger partial charge < -0.3 is 4.74 Å². The number of anilines is 1. The summed E-state index contributed by atoms with van der Waals surface area (Å²) in [7, 11) is -2.25. The largest absolute Gasteiger partial charge is 0.487 e. The highest BCUT2D eigenvalue weighted by Crippen LogP contribution is 2.35. The van der Waals surface area contributed by atoms with E-state index in [2.05, 4.69) is 0 Å². The van der Waals surface area contributed by atoms with E-state index in [-0.39, 0.29) is 29.7 Å². The molecule has 0 unspecified atom stereocenters. The van der Waals surface area contributed by atoms with Crippen molar-refractivity contribution >= 4 is 27.6 Å². The number of hydrogen-bond acceptors (Lipinski definition) is 5. The van der Waals surface area contributed by atoms with Gasteiger partial charge in [0, 0.05) is 26.2 Å². The van der Waals surface area contributed by atoms with Crippen LogP contribution in [0.3, 0.4) is 0 Å². The lowest BCUT2D eigenvalue weighted by Crippen LogP contribution is -2.35. The van der Waals surface area contributed by atoms with E-state index in [1.807, 2.05) is 30.3 Å². The minimum atomic E-state index is -3.67. The second-order valence-electron chi connectivity index (χ2n) is 7.69. The zero-order valence-electron chi connectivity index (χ0n) is 17.4. The molecule has 0 aliphatic carbocycles. The number of nitrogens with zero attached hydrogens (tertiary/aromatic N) is 3. The Hall–Kier alpha value is -2.91. The summed E-state index contributed by atoms with van der Waals surface area (Å²) in [6.45, 7) is 1.07. The first-order valence-corrected chi connectivity index (χ1v) is 11.7. The molecule has 2 fully saturated rings. The van der Waals surface area contributed by atoms with Crippen molar-refractivity contribution in [3.05, 3.63) is 54.1 Å². The molecule has 2 heterocycles. The number of likely N-dealkylation sites (N-methyl/N-ethyl adjacent to an activating group) is 1. The molecule has 4 rings (SSSR count). The van der Waals surface area contributed by atoms with Gasteiger partial charge in [0.15, 0.2) is 0 Å². The lowest BCUT2D eigenvalue weighted by Gasteiger charge is -2.26. The SMILES string of the molecule is CN1C(=O)CN(c2ccc(S(=O)(=O)N3CCCCC3)cc2OCc2ccccc2)C1=O. The highest BCUT2D eigenvalue weighted by atomic mass is 32.2. The van der Waals surface area contributed by atoms with Crippen molar-refractivity contribution in [2.24, 2.45) is 0 Å². The molecule has 2 aliphatic heterocycles. The molecule has 31 heavy (non-hydrogen) atoms. The summed E-state index contributed by atoms with van der Waals surface area (Å²) in [5.41, 5.74) is 1.27. The number of piperidine rings is 1. The minimum absolute atomic E-state index is 0.116. The Labute approximate surface area is 182 Å². The normalized spacial score (nSPS) is 18.0. The van der Waals surface area contributed by atoms with Crippen molar-refractivity contribution < 1.29 is 22.7 Å². The summed E-state index contributed by atoms with van der Waals surface area (Å²) >= 11 is 0. The van der Waals surface area contributed by atoms with Crippen LogP contribution in [0.15, 0.2) is 53.4 Å². The molecule has 0 saturated carbocycles. The lowest BCUT2D eigenvalue weighted by molar-refractivity contribution is -0.123. The molecule has 2 aromatic carbocycles. The van der Waals surface area contributed by atoms with Crippen LogP contribution in [0.25, 0.3) is 0 Å². The van der Waals surface area contributed by atoms with Gasteiger partial charge in [-0.05, 0) is 30.5 Å². The molecule has 0 spiro atoms. The summed E-state index contributed by atoms with van der Waals surface area (Å²) < 4.78 is 33.7. The van der Waals surface area contributed by atoms with Crippen LogP contribution >= 0.6 is 0 Å². The number of carbonyl (C=O) groups is 2. The quantitative estimate of drug-likeness (QED) is 0.641. The van der Waals surface area contributed by atoms with Crippen LogP contribution in [-0.2, 0) is 21.4 Å².